The van der Waals surface area contributed by atoms with Crippen molar-refractivity contribution in [2.75, 3.05) is 14.2 Å². The Labute approximate surface area is 175 Å². The molecule has 3 rings (SSSR count). The van der Waals surface area contributed by atoms with Gasteiger partial charge in [0.05, 0.1) is 22.5 Å². The van der Waals surface area contributed by atoms with E-state index in [1.54, 1.807) is 31.3 Å². The number of thioether (sulfide) groups is 1. The molecule has 0 saturated carbocycles. The molecular weight excluding hydrogens is 416 g/mol. The fourth-order valence-corrected chi connectivity index (χ4v) is 3.61. The Morgan fingerprint density at radius 1 is 1.21 bits per heavy atom. The monoisotopic (exact) mass is 430 g/mol. The average molecular weight is 430 g/mol. The Hall–Kier alpha value is -3.24. The molecule has 1 aliphatic heterocycles. The van der Waals surface area contributed by atoms with Gasteiger partial charge in [0.2, 0.25) is 0 Å². The summed E-state index contributed by atoms with van der Waals surface area (Å²) in [6.07, 6.45) is 1.67. The molecule has 1 heterocycles. The lowest BCUT2D eigenvalue weighted by Gasteiger charge is -2.10. The molecule has 1 saturated heterocycles. The van der Waals surface area contributed by atoms with E-state index in [9.17, 15) is 19.7 Å². The molecule has 0 atom stereocenters. The van der Waals surface area contributed by atoms with Crippen LogP contribution < -0.4 is 9.47 Å². The van der Waals surface area contributed by atoms with Crippen LogP contribution in [0.4, 0.5) is 5.69 Å². The van der Waals surface area contributed by atoms with Crippen LogP contribution in [0.1, 0.15) is 15.9 Å². The maximum absolute atomic E-state index is 12.3. The normalized spacial score (nSPS) is 15.0. The van der Waals surface area contributed by atoms with Crippen LogP contribution >= 0.6 is 24.0 Å². The zero-order valence-corrected chi connectivity index (χ0v) is 16.9. The number of nitro benzene ring substituents is 1. The lowest BCUT2D eigenvalue weighted by atomic mass is 10.1. The van der Waals surface area contributed by atoms with Crippen molar-refractivity contribution in [1.29, 1.82) is 0 Å². The SMILES string of the molecule is COc1cc(/C=C2/SC(=S)N(C)C2=O)ccc1OC(=O)c1ccc([N+](=O)[O-])cc1. The number of rotatable bonds is 5. The van der Waals surface area contributed by atoms with E-state index < -0.39 is 10.9 Å². The summed E-state index contributed by atoms with van der Waals surface area (Å²) in [6, 6.07) is 9.91. The van der Waals surface area contributed by atoms with Crippen LogP contribution in [-0.4, -0.2) is 40.2 Å². The zero-order valence-electron chi connectivity index (χ0n) is 15.3. The summed E-state index contributed by atoms with van der Waals surface area (Å²) in [6.45, 7) is 0. The van der Waals surface area contributed by atoms with Gasteiger partial charge in [-0.1, -0.05) is 30.0 Å². The largest absolute Gasteiger partial charge is 0.493 e. The summed E-state index contributed by atoms with van der Waals surface area (Å²) in [5.41, 5.74) is 0.709. The third-order valence-corrected chi connectivity index (χ3v) is 5.47. The lowest BCUT2D eigenvalue weighted by molar-refractivity contribution is -0.384. The third-order valence-electron chi connectivity index (χ3n) is 3.99. The third kappa shape index (κ3) is 4.44. The van der Waals surface area contributed by atoms with Gasteiger partial charge in [-0.2, -0.15) is 0 Å². The molecule has 0 bridgehead atoms. The predicted octanol–water partition coefficient (Wildman–Crippen LogP) is 3.65. The quantitative estimate of drug-likeness (QED) is 0.177. The van der Waals surface area contributed by atoms with Crippen LogP contribution in [0.2, 0.25) is 0 Å². The minimum absolute atomic E-state index is 0.124. The Bertz CT molecular complexity index is 1050. The van der Waals surface area contributed by atoms with Gasteiger partial charge < -0.3 is 9.47 Å². The van der Waals surface area contributed by atoms with Crippen LogP contribution in [0.15, 0.2) is 47.4 Å². The van der Waals surface area contributed by atoms with Gasteiger partial charge in [0.15, 0.2) is 11.5 Å². The molecule has 1 aliphatic rings. The van der Waals surface area contributed by atoms with Gasteiger partial charge in [-0.25, -0.2) is 4.79 Å². The van der Waals surface area contributed by atoms with Crippen molar-refractivity contribution >= 4 is 51.9 Å². The first kappa shape index (κ1) is 20.5. The first-order valence-electron chi connectivity index (χ1n) is 8.16. The number of amides is 1. The number of non-ortho nitro benzene ring substituents is 1. The maximum Gasteiger partial charge on any atom is 0.343 e. The van der Waals surface area contributed by atoms with Crippen molar-refractivity contribution in [3.05, 3.63) is 68.6 Å². The van der Waals surface area contributed by atoms with Crippen LogP contribution in [0.5, 0.6) is 11.5 Å². The van der Waals surface area contributed by atoms with E-state index in [-0.39, 0.29) is 22.9 Å². The molecule has 1 fully saturated rings. The molecule has 0 radical (unpaired) electrons. The van der Waals surface area contributed by atoms with Crippen molar-refractivity contribution in [3.63, 3.8) is 0 Å². The Balaban J connectivity index is 1.80. The first-order chi connectivity index (χ1) is 13.8. The molecule has 29 heavy (non-hydrogen) atoms. The standard InChI is InChI=1S/C19H14N2O6S2/c1-20-17(22)16(29-19(20)28)10-11-3-8-14(15(9-11)26-2)27-18(23)12-4-6-13(7-5-12)21(24)25/h3-10H,1-2H3/b16-10+. The smallest absolute Gasteiger partial charge is 0.343 e. The number of hydrogen-bond donors (Lipinski definition) is 0. The highest BCUT2D eigenvalue weighted by molar-refractivity contribution is 8.26. The highest BCUT2D eigenvalue weighted by atomic mass is 32.2. The number of likely N-dealkylation sites (N-methyl/N-ethyl adjacent to an activating group) is 1. The minimum Gasteiger partial charge on any atom is -0.493 e. The van der Waals surface area contributed by atoms with Gasteiger partial charge in [0.25, 0.3) is 11.6 Å². The van der Waals surface area contributed by atoms with Crippen LogP contribution in [0, 0.1) is 10.1 Å². The van der Waals surface area contributed by atoms with E-state index in [0.29, 0.717) is 20.5 Å². The van der Waals surface area contributed by atoms with E-state index in [1.807, 2.05) is 0 Å². The number of thiocarbonyl (C=S) groups is 1. The number of ether oxygens (including phenoxy) is 2. The van der Waals surface area contributed by atoms with Gasteiger partial charge in [-0.15, -0.1) is 0 Å². The number of benzene rings is 2. The number of methoxy groups -OCH3 is 1. The van der Waals surface area contributed by atoms with Crippen molar-refractivity contribution in [3.8, 4) is 11.5 Å². The topological polar surface area (TPSA) is 99.0 Å². The molecule has 8 nitrogen and oxygen atoms in total. The summed E-state index contributed by atoms with van der Waals surface area (Å²) in [5.74, 6) is -0.400. The van der Waals surface area contributed by atoms with Crippen LogP contribution in [-0.2, 0) is 4.79 Å². The van der Waals surface area contributed by atoms with Crippen molar-refractivity contribution < 1.29 is 24.0 Å². The van der Waals surface area contributed by atoms with Gasteiger partial charge in [-0.3, -0.25) is 19.8 Å². The van der Waals surface area contributed by atoms with Gasteiger partial charge >= 0.3 is 5.97 Å². The van der Waals surface area contributed by atoms with E-state index in [4.69, 9.17) is 21.7 Å². The number of carbonyl (C=O) groups is 2. The first-order valence-corrected chi connectivity index (χ1v) is 9.39. The van der Waals surface area contributed by atoms with Crippen LogP contribution in [0.25, 0.3) is 6.08 Å². The Kier molecular flexibility index (Phi) is 5.95. The predicted molar refractivity (Wildman–Crippen MR) is 112 cm³/mol. The Morgan fingerprint density at radius 3 is 2.45 bits per heavy atom. The van der Waals surface area contributed by atoms with Crippen molar-refractivity contribution in [2.24, 2.45) is 0 Å². The lowest BCUT2D eigenvalue weighted by Crippen LogP contribution is -2.22. The second-order valence-corrected chi connectivity index (χ2v) is 7.52. The van der Waals surface area contributed by atoms with Gasteiger partial charge in [0, 0.05) is 19.2 Å². The minimum atomic E-state index is -0.683. The fraction of sp³-hybridized carbons (Fsp3) is 0.105. The number of esters is 1. The number of hydrogen-bond acceptors (Lipinski definition) is 8. The molecule has 10 heteroatoms. The zero-order chi connectivity index (χ0) is 21.1. The summed E-state index contributed by atoms with van der Waals surface area (Å²) in [7, 11) is 3.04. The molecule has 0 unspecified atom stereocenters. The summed E-state index contributed by atoms with van der Waals surface area (Å²) < 4.78 is 11.1. The van der Waals surface area contributed by atoms with Crippen molar-refractivity contribution in [1.82, 2.24) is 4.90 Å². The molecule has 1 amide bonds. The fourth-order valence-electron chi connectivity index (χ4n) is 2.43. The highest BCUT2D eigenvalue weighted by Crippen LogP contribution is 2.34. The molecule has 0 aliphatic carbocycles. The Morgan fingerprint density at radius 2 is 1.90 bits per heavy atom. The molecular formula is C19H14N2O6S2. The van der Waals surface area contributed by atoms with Gasteiger partial charge in [-0.05, 0) is 35.9 Å². The van der Waals surface area contributed by atoms with Crippen LogP contribution in [0.3, 0.4) is 0 Å². The number of nitrogens with zero attached hydrogens (tertiary/aromatic N) is 2. The summed E-state index contributed by atoms with van der Waals surface area (Å²) >= 11 is 6.31. The van der Waals surface area contributed by atoms with E-state index >= 15 is 0 Å². The maximum atomic E-state index is 12.3. The number of nitro groups is 1. The van der Waals surface area contributed by atoms with Gasteiger partial charge in [0.1, 0.15) is 4.32 Å². The van der Waals surface area contributed by atoms with E-state index in [2.05, 4.69) is 0 Å². The highest BCUT2D eigenvalue weighted by Gasteiger charge is 2.28. The van der Waals surface area contributed by atoms with E-state index in [1.165, 1.54) is 48.0 Å². The van der Waals surface area contributed by atoms with E-state index in [0.717, 1.165) is 0 Å². The van der Waals surface area contributed by atoms with Crippen molar-refractivity contribution in [2.45, 2.75) is 0 Å². The molecule has 0 N–H and O–H groups in total. The molecule has 2 aromatic rings. The average Bonchev–Trinajstić information content (AvgIpc) is 2.95. The number of carbonyl (C=O) groups excluding carboxylic acids is 2. The molecule has 148 valence electrons. The second kappa shape index (κ2) is 8.41. The molecule has 0 spiro atoms. The summed E-state index contributed by atoms with van der Waals surface area (Å²) in [5, 5.41) is 10.7. The second-order valence-electron chi connectivity index (χ2n) is 5.84. The summed E-state index contributed by atoms with van der Waals surface area (Å²) in [4.78, 5) is 36.5. The molecule has 2 aromatic carbocycles. The molecule has 0 aromatic heterocycles.